The lowest BCUT2D eigenvalue weighted by Crippen LogP contribution is -2.06. The van der Waals surface area contributed by atoms with Gasteiger partial charge in [-0.25, -0.2) is 0 Å². The van der Waals surface area contributed by atoms with Crippen LogP contribution in [0.3, 0.4) is 0 Å². The van der Waals surface area contributed by atoms with E-state index in [9.17, 15) is 0 Å². The lowest BCUT2D eigenvalue weighted by Gasteiger charge is -2.12. The molecule has 0 radical (unpaired) electrons. The van der Waals surface area contributed by atoms with Crippen LogP contribution in [0.4, 0.5) is 0 Å². The highest BCUT2D eigenvalue weighted by Gasteiger charge is 2.28. The van der Waals surface area contributed by atoms with Crippen LogP contribution in [-0.4, -0.2) is 17.3 Å². The molecule has 29 heavy (non-hydrogen) atoms. The Morgan fingerprint density at radius 1 is 0.690 bits per heavy atom. The third-order valence-corrected chi connectivity index (χ3v) is 5.84. The summed E-state index contributed by atoms with van der Waals surface area (Å²) in [5, 5.41) is 3.87. The average molecular weight is 375 g/mol. The zero-order valence-electron chi connectivity index (χ0n) is 16.1. The third-order valence-electron chi connectivity index (χ3n) is 5.84. The van der Waals surface area contributed by atoms with Gasteiger partial charge in [0, 0.05) is 16.3 Å². The maximum absolute atomic E-state index is 5.66. The standard InChI is InChI=1S/C27H21NO/c1-3-10-20(11-4-1)25-24-16-15-19-9-7-8-14-23(19)27(24)28(17-22-18-29-22)26(25)21-12-5-2-6-13-21/h1-16,22H,17-18H2/t22-/m0/s1. The first-order valence-corrected chi connectivity index (χ1v) is 10.2. The highest BCUT2D eigenvalue weighted by molar-refractivity contribution is 6.15. The Bertz CT molecular complexity index is 1310. The number of nitrogens with zero attached hydrogens (tertiary/aromatic N) is 1. The first kappa shape index (κ1) is 16.6. The summed E-state index contributed by atoms with van der Waals surface area (Å²) in [4.78, 5) is 0. The molecule has 1 aromatic heterocycles. The molecule has 1 aliphatic heterocycles. The Labute approximate surface area is 170 Å². The van der Waals surface area contributed by atoms with Crippen LogP contribution in [-0.2, 0) is 11.3 Å². The van der Waals surface area contributed by atoms with Crippen molar-refractivity contribution in [3.63, 3.8) is 0 Å². The molecule has 0 saturated carbocycles. The summed E-state index contributed by atoms with van der Waals surface area (Å²) in [5.74, 6) is 0. The Morgan fingerprint density at radius 2 is 1.34 bits per heavy atom. The summed E-state index contributed by atoms with van der Waals surface area (Å²) < 4.78 is 8.15. The lowest BCUT2D eigenvalue weighted by atomic mass is 9.97. The second-order valence-electron chi connectivity index (χ2n) is 7.70. The first-order valence-electron chi connectivity index (χ1n) is 10.2. The molecular formula is C27H21NO. The van der Waals surface area contributed by atoms with Crippen molar-refractivity contribution in [2.75, 3.05) is 6.61 Å². The van der Waals surface area contributed by atoms with Gasteiger partial charge in [0.15, 0.2) is 0 Å². The molecule has 4 aromatic carbocycles. The van der Waals surface area contributed by atoms with Crippen molar-refractivity contribution in [2.45, 2.75) is 12.6 Å². The molecular weight excluding hydrogens is 354 g/mol. The summed E-state index contributed by atoms with van der Waals surface area (Å²) in [6.07, 6.45) is 0.302. The zero-order chi connectivity index (χ0) is 19.2. The Balaban J connectivity index is 1.80. The van der Waals surface area contributed by atoms with E-state index >= 15 is 0 Å². The predicted octanol–water partition coefficient (Wildman–Crippen LogP) is 6.53. The minimum Gasteiger partial charge on any atom is -0.371 e. The first-order chi connectivity index (χ1) is 14.4. The van der Waals surface area contributed by atoms with Crippen LogP contribution in [0.25, 0.3) is 44.1 Å². The highest BCUT2D eigenvalue weighted by Crippen LogP contribution is 2.43. The molecule has 2 heteroatoms. The largest absolute Gasteiger partial charge is 0.371 e. The Morgan fingerprint density at radius 3 is 2.07 bits per heavy atom. The molecule has 1 fully saturated rings. The number of epoxide rings is 1. The molecule has 6 rings (SSSR count). The molecule has 140 valence electrons. The minimum absolute atomic E-state index is 0.302. The van der Waals surface area contributed by atoms with Crippen LogP contribution in [0, 0.1) is 0 Å². The fraction of sp³-hybridized carbons (Fsp3) is 0.111. The molecule has 0 aliphatic carbocycles. The molecule has 1 saturated heterocycles. The fourth-order valence-corrected chi connectivity index (χ4v) is 4.47. The Hall–Kier alpha value is -3.36. The SMILES string of the molecule is c1ccc(-c2c(-c3ccccc3)n(C[C@H]3CO3)c3c2ccc2ccccc23)cc1. The van der Waals surface area contributed by atoms with E-state index in [0.29, 0.717) is 6.10 Å². The zero-order valence-corrected chi connectivity index (χ0v) is 16.1. The molecule has 2 nitrogen and oxygen atoms in total. The van der Waals surface area contributed by atoms with Gasteiger partial charge in [-0.1, -0.05) is 97.1 Å². The van der Waals surface area contributed by atoms with E-state index < -0.39 is 0 Å². The van der Waals surface area contributed by atoms with E-state index in [1.807, 2.05) is 0 Å². The van der Waals surface area contributed by atoms with Crippen molar-refractivity contribution in [1.29, 1.82) is 0 Å². The quantitative estimate of drug-likeness (QED) is 0.327. The lowest BCUT2D eigenvalue weighted by molar-refractivity contribution is 0.386. The molecule has 1 aliphatic rings. The van der Waals surface area contributed by atoms with Crippen molar-refractivity contribution >= 4 is 21.7 Å². The average Bonchev–Trinajstić information content (AvgIpc) is 3.55. The second kappa shape index (κ2) is 6.61. The molecule has 0 unspecified atom stereocenters. The highest BCUT2D eigenvalue weighted by atomic mass is 16.6. The van der Waals surface area contributed by atoms with Crippen molar-refractivity contribution in [3.8, 4) is 22.4 Å². The van der Waals surface area contributed by atoms with E-state index in [2.05, 4.69) is 102 Å². The van der Waals surface area contributed by atoms with Crippen LogP contribution in [0.15, 0.2) is 97.1 Å². The number of fused-ring (bicyclic) bond motifs is 3. The number of hydrogen-bond acceptors (Lipinski definition) is 1. The fourth-order valence-electron chi connectivity index (χ4n) is 4.47. The molecule has 0 spiro atoms. The molecule has 0 bridgehead atoms. The van der Waals surface area contributed by atoms with Gasteiger partial charge in [0.1, 0.15) is 0 Å². The van der Waals surface area contributed by atoms with Gasteiger partial charge in [-0.05, 0) is 16.5 Å². The van der Waals surface area contributed by atoms with E-state index in [1.54, 1.807) is 0 Å². The number of rotatable bonds is 4. The summed E-state index contributed by atoms with van der Waals surface area (Å²) in [6.45, 7) is 1.72. The maximum Gasteiger partial charge on any atom is 0.0988 e. The minimum atomic E-state index is 0.302. The van der Waals surface area contributed by atoms with Crippen molar-refractivity contribution in [1.82, 2.24) is 4.57 Å². The number of benzene rings is 4. The van der Waals surface area contributed by atoms with Crippen LogP contribution in [0.5, 0.6) is 0 Å². The molecule has 5 aromatic rings. The smallest absolute Gasteiger partial charge is 0.0988 e. The number of aromatic nitrogens is 1. The van der Waals surface area contributed by atoms with Gasteiger partial charge in [0.05, 0.1) is 30.5 Å². The molecule has 0 amide bonds. The molecule has 2 heterocycles. The van der Waals surface area contributed by atoms with Gasteiger partial charge in [0.25, 0.3) is 0 Å². The number of hydrogen-bond donors (Lipinski definition) is 0. The predicted molar refractivity (Wildman–Crippen MR) is 120 cm³/mol. The number of ether oxygens (including phenoxy) is 1. The summed E-state index contributed by atoms with van der Waals surface area (Å²) in [6, 6.07) is 34.7. The topological polar surface area (TPSA) is 17.5 Å². The summed E-state index contributed by atoms with van der Waals surface area (Å²) >= 11 is 0. The van der Waals surface area contributed by atoms with Crippen molar-refractivity contribution < 1.29 is 4.74 Å². The van der Waals surface area contributed by atoms with Crippen molar-refractivity contribution in [2.24, 2.45) is 0 Å². The van der Waals surface area contributed by atoms with E-state index in [4.69, 9.17) is 4.74 Å². The van der Waals surface area contributed by atoms with Gasteiger partial charge >= 0.3 is 0 Å². The van der Waals surface area contributed by atoms with E-state index in [0.717, 1.165) is 13.2 Å². The second-order valence-corrected chi connectivity index (χ2v) is 7.70. The molecule has 0 N–H and O–H groups in total. The van der Waals surface area contributed by atoms with Crippen LogP contribution < -0.4 is 0 Å². The monoisotopic (exact) mass is 375 g/mol. The van der Waals surface area contributed by atoms with Gasteiger partial charge in [0.2, 0.25) is 0 Å². The maximum atomic E-state index is 5.66. The van der Waals surface area contributed by atoms with Crippen molar-refractivity contribution in [3.05, 3.63) is 97.1 Å². The van der Waals surface area contributed by atoms with Gasteiger partial charge in [-0.15, -0.1) is 0 Å². The summed E-state index contributed by atoms with van der Waals surface area (Å²) in [7, 11) is 0. The van der Waals surface area contributed by atoms with Crippen LogP contribution >= 0.6 is 0 Å². The summed E-state index contributed by atoms with van der Waals surface area (Å²) in [5.41, 5.74) is 6.38. The van der Waals surface area contributed by atoms with Gasteiger partial charge < -0.3 is 9.30 Å². The van der Waals surface area contributed by atoms with E-state index in [-0.39, 0.29) is 0 Å². The third kappa shape index (κ3) is 2.76. The van der Waals surface area contributed by atoms with Crippen LogP contribution in [0.1, 0.15) is 0 Å². The molecule has 1 atom stereocenters. The Kier molecular flexibility index (Phi) is 3.78. The normalized spacial score (nSPS) is 15.8. The van der Waals surface area contributed by atoms with Crippen LogP contribution in [0.2, 0.25) is 0 Å². The van der Waals surface area contributed by atoms with Gasteiger partial charge in [-0.3, -0.25) is 0 Å². The van der Waals surface area contributed by atoms with E-state index in [1.165, 1.54) is 44.1 Å². The van der Waals surface area contributed by atoms with Gasteiger partial charge in [-0.2, -0.15) is 0 Å².